The lowest BCUT2D eigenvalue weighted by atomic mass is 10.0. The number of ether oxygens (including phenoxy) is 1. The summed E-state index contributed by atoms with van der Waals surface area (Å²) in [6.45, 7) is 2.41. The van der Waals surface area contributed by atoms with Gasteiger partial charge in [0.15, 0.2) is 0 Å². The van der Waals surface area contributed by atoms with Gasteiger partial charge in [-0.25, -0.2) is 0 Å². The van der Waals surface area contributed by atoms with Crippen molar-refractivity contribution in [3.8, 4) is 0 Å². The predicted octanol–water partition coefficient (Wildman–Crippen LogP) is 1.84. The van der Waals surface area contributed by atoms with Crippen molar-refractivity contribution in [3.05, 3.63) is 35.9 Å². The van der Waals surface area contributed by atoms with Crippen LogP contribution in [0, 0.1) is 5.92 Å². The average molecular weight is 316 g/mol. The molecule has 2 heterocycles. The lowest BCUT2D eigenvalue weighted by molar-refractivity contribution is -0.136. The van der Waals surface area contributed by atoms with Gasteiger partial charge < -0.3 is 14.5 Å². The third-order valence-electron chi connectivity index (χ3n) is 4.85. The Balaban J connectivity index is 1.67. The SMILES string of the molecule is COCCN1C[C@H](C(=O)N2CCC[C@@H]2c2ccccc2)CC1=O. The van der Waals surface area contributed by atoms with E-state index in [0.717, 1.165) is 19.4 Å². The number of carbonyl (C=O) groups is 2. The van der Waals surface area contributed by atoms with Crippen LogP contribution in [-0.4, -0.2) is 55.0 Å². The highest BCUT2D eigenvalue weighted by Crippen LogP contribution is 2.34. The molecule has 124 valence electrons. The fourth-order valence-corrected chi connectivity index (χ4v) is 3.64. The molecule has 0 spiro atoms. The van der Waals surface area contributed by atoms with Crippen LogP contribution in [0.25, 0.3) is 0 Å². The average Bonchev–Trinajstić information content (AvgIpc) is 3.20. The van der Waals surface area contributed by atoms with Crippen LogP contribution in [0.4, 0.5) is 0 Å². The monoisotopic (exact) mass is 316 g/mol. The van der Waals surface area contributed by atoms with Gasteiger partial charge in [0, 0.05) is 33.2 Å². The largest absolute Gasteiger partial charge is 0.383 e. The molecule has 5 heteroatoms. The molecule has 0 aliphatic carbocycles. The van der Waals surface area contributed by atoms with E-state index in [-0.39, 0.29) is 23.8 Å². The van der Waals surface area contributed by atoms with E-state index in [1.807, 2.05) is 23.1 Å². The molecular weight excluding hydrogens is 292 g/mol. The summed E-state index contributed by atoms with van der Waals surface area (Å²) in [5, 5.41) is 0. The molecule has 2 fully saturated rings. The summed E-state index contributed by atoms with van der Waals surface area (Å²) in [7, 11) is 1.62. The van der Waals surface area contributed by atoms with Crippen LogP contribution in [0.3, 0.4) is 0 Å². The molecule has 0 radical (unpaired) electrons. The van der Waals surface area contributed by atoms with Crippen LogP contribution in [0.2, 0.25) is 0 Å². The zero-order valence-electron chi connectivity index (χ0n) is 13.6. The molecule has 2 aliphatic rings. The smallest absolute Gasteiger partial charge is 0.228 e. The number of likely N-dealkylation sites (tertiary alicyclic amines) is 2. The Bertz CT molecular complexity index is 561. The molecule has 3 rings (SSSR count). The molecule has 2 aliphatic heterocycles. The number of methoxy groups -OCH3 is 1. The predicted molar refractivity (Wildman–Crippen MR) is 86.7 cm³/mol. The fraction of sp³-hybridized carbons (Fsp3) is 0.556. The minimum atomic E-state index is -0.205. The first kappa shape index (κ1) is 16.0. The molecule has 1 aromatic rings. The second-order valence-electron chi connectivity index (χ2n) is 6.33. The molecule has 1 aromatic carbocycles. The van der Waals surface area contributed by atoms with Crippen LogP contribution in [0.5, 0.6) is 0 Å². The van der Waals surface area contributed by atoms with Crippen molar-refractivity contribution >= 4 is 11.8 Å². The fourth-order valence-electron chi connectivity index (χ4n) is 3.64. The summed E-state index contributed by atoms with van der Waals surface area (Å²) in [5.74, 6) is -0.0100. The minimum absolute atomic E-state index is 0.0656. The Morgan fingerprint density at radius 2 is 2.09 bits per heavy atom. The van der Waals surface area contributed by atoms with Gasteiger partial charge >= 0.3 is 0 Å². The molecule has 0 saturated carbocycles. The summed E-state index contributed by atoms with van der Waals surface area (Å²) in [6.07, 6.45) is 2.36. The van der Waals surface area contributed by atoms with E-state index in [1.165, 1.54) is 5.56 Å². The van der Waals surface area contributed by atoms with Gasteiger partial charge in [-0.05, 0) is 18.4 Å². The Labute approximate surface area is 137 Å². The van der Waals surface area contributed by atoms with E-state index < -0.39 is 0 Å². The number of hydrogen-bond donors (Lipinski definition) is 0. The van der Waals surface area contributed by atoms with Crippen LogP contribution in [-0.2, 0) is 14.3 Å². The number of amides is 2. The number of nitrogens with zero attached hydrogens (tertiary/aromatic N) is 2. The summed E-state index contributed by atoms with van der Waals surface area (Å²) >= 11 is 0. The third-order valence-corrected chi connectivity index (χ3v) is 4.85. The zero-order chi connectivity index (χ0) is 16.2. The van der Waals surface area contributed by atoms with Crippen LogP contribution in [0.1, 0.15) is 30.9 Å². The van der Waals surface area contributed by atoms with Crippen molar-refractivity contribution < 1.29 is 14.3 Å². The lowest BCUT2D eigenvalue weighted by Crippen LogP contribution is -2.37. The maximum atomic E-state index is 12.9. The van der Waals surface area contributed by atoms with Gasteiger partial charge in [-0.3, -0.25) is 9.59 Å². The molecule has 2 atom stereocenters. The molecule has 0 unspecified atom stereocenters. The quantitative estimate of drug-likeness (QED) is 0.833. The maximum absolute atomic E-state index is 12.9. The van der Waals surface area contributed by atoms with Gasteiger partial charge in [0.25, 0.3) is 0 Å². The summed E-state index contributed by atoms with van der Waals surface area (Å²) in [5.41, 5.74) is 1.19. The third kappa shape index (κ3) is 3.39. The topological polar surface area (TPSA) is 49.9 Å². The molecule has 2 saturated heterocycles. The highest BCUT2D eigenvalue weighted by Gasteiger charge is 2.39. The second-order valence-corrected chi connectivity index (χ2v) is 6.33. The van der Waals surface area contributed by atoms with E-state index in [2.05, 4.69) is 12.1 Å². The van der Waals surface area contributed by atoms with Crippen LogP contribution in [0.15, 0.2) is 30.3 Å². The molecule has 0 bridgehead atoms. The van der Waals surface area contributed by atoms with Gasteiger partial charge in [-0.2, -0.15) is 0 Å². The van der Waals surface area contributed by atoms with E-state index >= 15 is 0 Å². The number of benzene rings is 1. The van der Waals surface area contributed by atoms with Gasteiger partial charge in [-0.1, -0.05) is 30.3 Å². The first-order chi connectivity index (χ1) is 11.2. The van der Waals surface area contributed by atoms with Crippen molar-refractivity contribution in [2.75, 3.05) is 33.4 Å². The molecule has 0 aromatic heterocycles. The minimum Gasteiger partial charge on any atom is -0.383 e. The Kier molecular flexibility index (Phi) is 4.96. The first-order valence-electron chi connectivity index (χ1n) is 8.33. The molecule has 2 amide bonds. The van der Waals surface area contributed by atoms with E-state index in [9.17, 15) is 9.59 Å². The normalized spacial score (nSPS) is 24.5. The van der Waals surface area contributed by atoms with E-state index in [4.69, 9.17) is 4.74 Å². The van der Waals surface area contributed by atoms with Gasteiger partial charge in [0.1, 0.15) is 0 Å². The number of rotatable bonds is 5. The Morgan fingerprint density at radius 1 is 1.30 bits per heavy atom. The van der Waals surface area contributed by atoms with E-state index in [0.29, 0.717) is 26.1 Å². The molecular formula is C18H24N2O3. The van der Waals surface area contributed by atoms with Crippen molar-refractivity contribution in [3.63, 3.8) is 0 Å². The van der Waals surface area contributed by atoms with Crippen molar-refractivity contribution in [1.82, 2.24) is 9.80 Å². The summed E-state index contributed by atoms with van der Waals surface area (Å²) in [4.78, 5) is 28.7. The standard InChI is InChI=1S/C18H24N2O3/c1-23-11-10-19-13-15(12-17(19)21)18(22)20-9-5-8-16(20)14-6-3-2-4-7-14/h2-4,6-7,15-16H,5,8-13H2,1H3/t15-,16-/m1/s1. The van der Waals surface area contributed by atoms with Crippen molar-refractivity contribution in [2.24, 2.45) is 5.92 Å². The zero-order valence-corrected chi connectivity index (χ0v) is 13.6. The van der Waals surface area contributed by atoms with Gasteiger partial charge in [0.2, 0.25) is 11.8 Å². The molecule has 0 N–H and O–H groups in total. The van der Waals surface area contributed by atoms with Crippen LogP contribution >= 0.6 is 0 Å². The summed E-state index contributed by atoms with van der Waals surface area (Å²) in [6, 6.07) is 10.4. The Morgan fingerprint density at radius 3 is 2.83 bits per heavy atom. The van der Waals surface area contributed by atoms with E-state index in [1.54, 1.807) is 12.0 Å². The Hall–Kier alpha value is -1.88. The van der Waals surface area contributed by atoms with Gasteiger partial charge in [0.05, 0.1) is 18.6 Å². The van der Waals surface area contributed by atoms with Crippen LogP contribution < -0.4 is 0 Å². The highest BCUT2D eigenvalue weighted by molar-refractivity contribution is 5.89. The first-order valence-corrected chi connectivity index (χ1v) is 8.33. The number of hydrogen-bond acceptors (Lipinski definition) is 3. The molecule has 5 nitrogen and oxygen atoms in total. The van der Waals surface area contributed by atoms with Crippen molar-refractivity contribution in [2.45, 2.75) is 25.3 Å². The second kappa shape index (κ2) is 7.13. The lowest BCUT2D eigenvalue weighted by Gasteiger charge is -2.27. The highest BCUT2D eigenvalue weighted by atomic mass is 16.5. The maximum Gasteiger partial charge on any atom is 0.228 e. The summed E-state index contributed by atoms with van der Waals surface area (Å²) < 4.78 is 5.03. The molecule has 23 heavy (non-hydrogen) atoms. The van der Waals surface area contributed by atoms with Gasteiger partial charge in [-0.15, -0.1) is 0 Å². The van der Waals surface area contributed by atoms with Crippen molar-refractivity contribution in [1.29, 1.82) is 0 Å². The number of carbonyl (C=O) groups excluding carboxylic acids is 2.